The number of benzene rings is 3. The van der Waals surface area contributed by atoms with Crippen LogP contribution in [0.2, 0.25) is 0 Å². The zero-order chi connectivity index (χ0) is 20.8. The first-order valence-corrected chi connectivity index (χ1v) is 11.3. The molecule has 0 atom stereocenters. The molecule has 0 amide bonds. The van der Waals surface area contributed by atoms with Crippen molar-refractivity contribution in [3.05, 3.63) is 89.1 Å². The molecule has 0 aliphatic carbocycles. The standard InChI is InChI=1S/C24H14BrN5S/c25-24-28-23(29-31-24)18-10-6-12-20-21(18)17-9-4-5-11-19(17)30(20)16-13-26-22(27-14-16)15-7-2-1-3-8-15/h1-14H. The Morgan fingerprint density at radius 2 is 1.48 bits per heavy atom. The highest BCUT2D eigenvalue weighted by atomic mass is 79.9. The number of nitrogens with zero attached hydrogens (tertiary/aromatic N) is 5. The molecule has 7 heteroatoms. The van der Waals surface area contributed by atoms with Crippen molar-refractivity contribution in [1.29, 1.82) is 0 Å². The van der Waals surface area contributed by atoms with Crippen LogP contribution in [-0.2, 0) is 0 Å². The van der Waals surface area contributed by atoms with E-state index in [9.17, 15) is 0 Å². The Morgan fingerprint density at radius 3 is 2.26 bits per heavy atom. The molecule has 0 fully saturated rings. The van der Waals surface area contributed by atoms with E-state index in [0.29, 0.717) is 5.82 Å². The summed E-state index contributed by atoms with van der Waals surface area (Å²) >= 11 is 4.78. The van der Waals surface area contributed by atoms with Crippen molar-refractivity contribution in [3.8, 4) is 28.5 Å². The second-order valence-corrected chi connectivity index (χ2v) is 9.08. The molecular formula is C24H14BrN5S. The minimum atomic E-state index is 0.710. The second kappa shape index (κ2) is 7.37. The summed E-state index contributed by atoms with van der Waals surface area (Å²) in [6.45, 7) is 0. The fraction of sp³-hybridized carbons (Fsp3) is 0. The summed E-state index contributed by atoms with van der Waals surface area (Å²) in [5.74, 6) is 1.43. The lowest BCUT2D eigenvalue weighted by Crippen LogP contribution is -1.97. The largest absolute Gasteiger partial charge is 0.306 e. The number of fused-ring (bicyclic) bond motifs is 3. The first-order chi connectivity index (χ1) is 15.3. The topological polar surface area (TPSA) is 56.5 Å². The van der Waals surface area contributed by atoms with Crippen molar-refractivity contribution in [2.75, 3.05) is 0 Å². The fourth-order valence-electron chi connectivity index (χ4n) is 3.97. The van der Waals surface area contributed by atoms with Crippen LogP contribution in [0.1, 0.15) is 0 Å². The van der Waals surface area contributed by atoms with Gasteiger partial charge in [-0.3, -0.25) is 0 Å². The van der Waals surface area contributed by atoms with Gasteiger partial charge >= 0.3 is 0 Å². The number of halogens is 1. The van der Waals surface area contributed by atoms with Gasteiger partial charge in [0.05, 0.1) is 29.1 Å². The second-order valence-electron chi connectivity index (χ2n) is 7.05. The summed E-state index contributed by atoms with van der Waals surface area (Å²) in [7, 11) is 0. The molecule has 0 aliphatic heterocycles. The SMILES string of the molecule is Brc1nc(-c2cccc3c2c2ccccc2n3-c2cnc(-c3ccccc3)nc2)ns1. The van der Waals surface area contributed by atoms with Gasteiger partial charge in [-0.2, -0.15) is 4.37 Å². The van der Waals surface area contributed by atoms with Gasteiger partial charge < -0.3 is 4.57 Å². The third-order valence-corrected chi connectivity index (χ3v) is 6.39. The molecule has 0 saturated carbocycles. The maximum atomic E-state index is 4.64. The van der Waals surface area contributed by atoms with Gasteiger partial charge in [0.2, 0.25) is 0 Å². The van der Waals surface area contributed by atoms with Gasteiger partial charge in [0.15, 0.2) is 15.6 Å². The fourth-order valence-corrected chi connectivity index (χ4v) is 4.78. The first kappa shape index (κ1) is 18.4. The molecule has 3 heterocycles. The average molecular weight is 484 g/mol. The molecule has 5 nitrogen and oxygen atoms in total. The van der Waals surface area contributed by atoms with Crippen LogP contribution >= 0.6 is 27.5 Å². The van der Waals surface area contributed by atoms with Gasteiger partial charge in [-0.1, -0.05) is 60.7 Å². The smallest absolute Gasteiger partial charge is 0.179 e. The third kappa shape index (κ3) is 3.05. The van der Waals surface area contributed by atoms with Crippen LogP contribution in [0.4, 0.5) is 0 Å². The molecule has 0 aliphatic rings. The normalized spacial score (nSPS) is 11.4. The van der Waals surface area contributed by atoms with Crippen LogP contribution in [-0.4, -0.2) is 23.9 Å². The average Bonchev–Trinajstić information content (AvgIpc) is 3.41. The number of para-hydroxylation sites is 1. The van der Waals surface area contributed by atoms with E-state index in [1.807, 2.05) is 54.9 Å². The summed E-state index contributed by atoms with van der Waals surface area (Å²) in [5, 5.41) is 2.27. The van der Waals surface area contributed by atoms with Crippen molar-refractivity contribution in [2.24, 2.45) is 0 Å². The lowest BCUT2D eigenvalue weighted by molar-refractivity contribution is 1.08. The predicted octanol–water partition coefficient (Wildman–Crippen LogP) is 6.52. The minimum absolute atomic E-state index is 0.710. The Labute approximate surface area is 190 Å². The molecular weight excluding hydrogens is 470 g/mol. The Morgan fingerprint density at radius 1 is 0.742 bits per heavy atom. The quantitative estimate of drug-likeness (QED) is 0.287. The number of aromatic nitrogens is 5. The van der Waals surface area contributed by atoms with Crippen molar-refractivity contribution in [3.63, 3.8) is 0 Å². The van der Waals surface area contributed by atoms with E-state index >= 15 is 0 Å². The molecule has 0 bridgehead atoms. The molecule has 3 aromatic carbocycles. The Kier molecular flexibility index (Phi) is 4.36. The van der Waals surface area contributed by atoms with Crippen molar-refractivity contribution >= 4 is 49.3 Å². The molecule has 6 aromatic rings. The van der Waals surface area contributed by atoms with Crippen LogP contribution in [0.3, 0.4) is 0 Å². The molecule has 0 radical (unpaired) electrons. The zero-order valence-corrected chi connectivity index (χ0v) is 18.5. The summed E-state index contributed by atoms with van der Waals surface area (Å²) in [5.41, 5.74) is 5.08. The van der Waals surface area contributed by atoms with Crippen molar-refractivity contribution in [1.82, 2.24) is 23.9 Å². The van der Waals surface area contributed by atoms with Crippen LogP contribution in [0.15, 0.2) is 89.1 Å². The van der Waals surface area contributed by atoms with Gasteiger partial charge in [0, 0.05) is 21.9 Å². The van der Waals surface area contributed by atoms with Crippen LogP contribution in [0.25, 0.3) is 50.3 Å². The Hall–Kier alpha value is -3.42. The number of hydrogen-bond acceptors (Lipinski definition) is 5. The van der Waals surface area contributed by atoms with Crippen molar-refractivity contribution in [2.45, 2.75) is 0 Å². The third-order valence-electron chi connectivity index (χ3n) is 5.27. The van der Waals surface area contributed by atoms with E-state index in [1.165, 1.54) is 11.5 Å². The monoisotopic (exact) mass is 483 g/mol. The maximum Gasteiger partial charge on any atom is 0.179 e. The molecule has 3 aromatic heterocycles. The highest BCUT2D eigenvalue weighted by Gasteiger charge is 2.18. The van der Waals surface area contributed by atoms with Gasteiger partial charge in [-0.05, 0) is 39.6 Å². The van der Waals surface area contributed by atoms with Gasteiger partial charge in [0.1, 0.15) is 0 Å². The molecule has 6 rings (SSSR count). The molecule has 0 spiro atoms. The van der Waals surface area contributed by atoms with Crippen LogP contribution < -0.4 is 0 Å². The minimum Gasteiger partial charge on any atom is -0.306 e. The first-order valence-electron chi connectivity index (χ1n) is 9.69. The van der Waals surface area contributed by atoms with Crippen molar-refractivity contribution < 1.29 is 0 Å². The number of hydrogen-bond donors (Lipinski definition) is 0. The lowest BCUT2D eigenvalue weighted by Gasteiger charge is -2.08. The maximum absolute atomic E-state index is 4.64. The van der Waals surface area contributed by atoms with E-state index in [2.05, 4.69) is 70.2 Å². The summed E-state index contributed by atoms with van der Waals surface area (Å²) in [6.07, 6.45) is 3.76. The molecule has 0 saturated heterocycles. The Bertz CT molecular complexity index is 1540. The zero-order valence-electron chi connectivity index (χ0n) is 16.1. The van der Waals surface area contributed by atoms with E-state index in [1.54, 1.807) is 0 Å². The van der Waals surface area contributed by atoms with Crippen LogP contribution in [0, 0.1) is 0 Å². The predicted molar refractivity (Wildman–Crippen MR) is 128 cm³/mol. The van der Waals surface area contributed by atoms with Gasteiger partial charge in [-0.25, -0.2) is 15.0 Å². The van der Waals surface area contributed by atoms with Crippen LogP contribution in [0.5, 0.6) is 0 Å². The Balaban J connectivity index is 1.60. The molecule has 148 valence electrons. The highest BCUT2D eigenvalue weighted by molar-refractivity contribution is 9.11. The van der Waals surface area contributed by atoms with E-state index in [-0.39, 0.29) is 0 Å². The summed E-state index contributed by atoms with van der Waals surface area (Å²) in [4.78, 5) is 13.8. The molecule has 0 N–H and O–H groups in total. The van der Waals surface area contributed by atoms with E-state index in [0.717, 1.165) is 48.4 Å². The molecule has 0 unspecified atom stereocenters. The molecule has 31 heavy (non-hydrogen) atoms. The van der Waals surface area contributed by atoms with Gasteiger partial charge in [-0.15, -0.1) is 0 Å². The summed E-state index contributed by atoms with van der Waals surface area (Å²) < 4.78 is 7.49. The summed E-state index contributed by atoms with van der Waals surface area (Å²) in [6, 6.07) is 24.6. The highest BCUT2D eigenvalue weighted by Crippen LogP contribution is 2.38. The number of rotatable bonds is 3. The van der Waals surface area contributed by atoms with E-state index < -0.39 is 0 Å². The van der Waals surface area contributed by atoms with Gasteiger partial charge in [0.25, 0.3) is 0 Å². The lowest BCUT2D eigenvalue weighted by atomic mass is 10.1. The van der Waals surface area contributed by atoms with E-state index in [4.69, 9.17) is 0 Å².